The average molecular weight is 563 g/mol. The van der Waals surface area contributed by atoms with E-state index in [9.17, 15) is 9.59 Å². The van der Waals surface area contributed by atoms with Crippen molar-refractivity contribution in [1.29, 1.82) is 0 Å². The van der Waals surface area contributed by atoms with Gasteiger partial charge < -0.3 is 9.15 Å². The van der Waals surface area contributed by atoms with Crippen molar-refractivity contribution in [3.63, 3.8) is 0 Å². The molecule has 38 heavy (non-hydrogen) atoms. The summed E-state index contributed by atoms with van der Waals surface area (Å²) in [7, 11) is 0. The maximum atomic E-state index is 13.8. The van der Waals surface area contributed by atoms with Crippen LogP contribution in [0.2, 0.25) is 5.02 Å². The summed E-state index contributed by atoms with van der Waals surface area (Å²) < 4.78 is 13.4. The second-order valence-corrected chi connectivity index (χ2v) is 10.7. The first-order valence-corrected chi connectivity index (χ1v) is 14.1. The van der Waals surface area contributed by atoms with E-state index in [2.05, 4.69) is 11.6 Å². The second-order valence-electron chi connectivity index (χ2n) is 8.42. The number of thioether (sulfide) groups is 1. The number of benzene rings is 2. The molecule has 1 atom stereocenters. The Kier molecular flexibility index (Phi) is 7.56. The molecular weight excluding hydrogens is 540 g/mol. The van der Waals surface area contributed by atoms with Crippen LogP contribution in [0.3, 0.4) is 0 Å². The van der Waals surface area contributed by atoms with Crippen LogP contribution in [-0.2, 0) is 9.53 Å². The second kappa shape index (κ2) is 11.0. The molecule has 2 aromatic carbocycles. The Balaban J connectivity index is 1.63. The van der Waals surface area contributed by atoms with Crippen molar-refractivity contribution in [2.75, 3.05) is 12.9 Å². The maximum absolute atomic E-state index is 13.8. The fraction of sp³-hybridized carbons (Fsp3) is 0.138. The number of carbonyl (C=O) groups excluding carboxylic acids is 1. The van der Waals surface area contributed by atoms with Crippen LogP contribution in [0.4, 0.5) is 0 Å². The number of nitrogens with zero attached hydrogens (tertiary/aromatic N) is 2. The van der Waals surface area contributed by atoms with Crippen molar-refractivity contribution in [3.05, 3.63) is 121 Å². The van der Waals surface area contributed by atoms with Crippen molar-refractivity contribution in [3.8, 4) is 11.3 Å². The third-order valence-electron chi connectivity index (χ3n) is 6.04. The molecule has 192 valence electrons. The molecule has 0 bridgehead atoms. The minimum Gasteiger partial charge on any atom is -0.458 e. The molecular formula is C29H23ClN2O4S2. The Bertz CT molecular complexity index is 1750. The first-order valence-electron chi connectivity index (χ1n) is 11.7. The third kappa shape index (κ3) is 4.95. The van der Waals surface area contributed by atoms with Crippen LogP contribution in [0.5, 0.6) is 0 Å². The number of thiazole rings is 1. The molecule has 0 saturated heterocycles. The first-order chi connectivity index (χ1) is 18.4. The summed E-state index contributed by atoms with van der Waals surface area (Å²) in [5.74, 6) is 0.576. The normalized spacial score (nSPS) is 15.2. The zero-order valence-electron chi connectivity index (χ0n) is 20.6. The van der Waals surface area contributed by atoms with E-state index in [0.717, 1.165) is 16.0 Å². The van der Waals surface area contributed by atoms with Gasteiger partial charge in [0.05, 0.1) is 26.9 Å². The number of hydrogen-bond donors (Lipinski definition) is 0. The molecule has 0 aliphatic carbocycles. The van der Waals surface area contributed by atoms with Crippen molar-refractivity contribution in [2.45, 2.75) is 17.9 Å². The van der Waals surface area contributed by atoms with E-state index in [4.69, 9.17) is 20.8 Å². The molecule has 1 unspecified atom stereocenters. The highest BCUT2D eigenvalue weighted by molar-refractivity contribution is 7.98. The Labute approximate surface area is 232 Å². The van der Waals surface area contributed by atoms with Gasteiger partial charge in [-0.05, 0) is 55.1 Å². The van der Waals surface area contributed by atoms with Crippen LogP contribution in [0.15, 0.2) is 104 Å². The summed E-state index contributed by atoms with van der Waals surface area (Å²) in [5, 5.41) is 0.576. The Morgan fingerprint density at radius 1 is 1.21 bits per heavy atom. The van der Waals surface area contributed by atoms with Gasteiger partial charge in [0.25, 0.3) is 5.56 Å². The number of furan rings is 1. The van der Waals surface area contributed by atoms with Gasteiger partial charge in [0.15, 0.2) is 4.80 Å². The van der Waals surface area contributed by atoms with Crippen LogP contribution in [0, 0.1) is 0 Å². The molecule has 1 aliphatic rings. The van der Waals surface area contributed by atoms with Crippen molar-refractivity contribution >= 4 is 46.7 Å². The highest BCUT2D eigenvalue weighted by Gasteiger charge is 2.33. The smallest absolute Gasteiger partial charge is 0.338 e. The van der Waals surface area contributed by atoms with Crippen molar-refractivity contribution < 1.29 is 13.9 Å². The minimum atomic E-state index is -0.683. The lowest BCUT2D eigenvalue weighted by Crippen LogP contribution is -2.39. The third-order valence-corrected chi connectivity index (χ3v) is 8.10. The molecule has 0 amide bonds. The number of esters is 1. The number of rotatable bonds is 7. The molecule has 0 fully saturated rings. The number of aromatic nitrogens is 1. The molecule has 5 rings (SSSR count). The van der Waals surface area contributed by atoms with Crippen LogP contribution >= 0.6 is 34.7 Å². The van der Waals surface area contributed by atoms with Gasteiger partial charge in [0.1, 0.15) is 18.1 Å². The summed E-state index contributed by atoms with van der Waals surface area (Å²) in [5.41, 5.74) is 2.10. The van der Waals surface area contributed by atoms with E-state index in [1.165, 1.54) is 17.4 Å². The number of hydrogen-bond acceptors (Lipinski definition) is 7. The number of carbonyl (C=O) groups is 1. The number of fused-ring (bicyclic) bond motifs is 1. The fourth-order valence-electron chi connectivity index (χ4n) is 4.26. The molecule has 0 saturated carbocycles. The van der Waals surface area contributed by atoms with Crippen LogP contribution < -0.4 is 14.9 Å². The van der Waals surface area contributed by atoms with Crippen LogP contribution in [0.25, 0.3) is 17.4 Å². The van der Waals surface area contributed by atoms with Gasteiger partial charge in [-0.3, -0.25) is 9.36 Å². The topological polar surface area (TPSA) is 73.8 Å². The standard InChI is InChI=1S/C29H23ClN2O4S2/c1-4-15-35-28(34)25-17(2)31-29-32(26(25)18-9-12-20(37-3)13-10-18)27(33)24(38-29)16-19-11-14-23(36-19)21-7-5-6-8-22(21)30/h4-14,16,26H,1,15H2,2-3H3. The predicted octanol–water partition coefficient (Wildman–Crippen LogP) is 5.60. The van der Waals surface area contributed by atoms with Gasteiger partial charge in [-0.2, -0.15) is 0 Å². The largest absolute Gasteiger partial charge is 0.458 e. The van der Waals surface area contributed by atoms with E-state index in [1.807, 2.05) is 54.8 Å². The van der Waals surface area contributed by atoms with Crippen molar-refractivity contribution in [2.24, 2.45) is 4.99 Å². The fourth-order valence-corrected chi connectivity index (χ4v) is 5.93. The molecule has 4 aromatic rings. The summed E-state index contributed by atoms with van der Waals surface area (Å²) in [6, 6.07) is 18.1. The average Bonchev–Trinajstić information content (AvgIpc) is 3.51. The van der Waals surface area contributed by atoms with E-state index in [1.54, 1.807) is 41.5 Å². The molecule has 6 nitrogen and oxygen atoms in total. The van der Waals surface area contributed by atoms with Gasteiger partial charge in [-0.25, -0.2) is 9.79 Å². The number of allylic oxidation sites excluding steroid dienone is 1. The first kappa shape index (κ1) is 26.0. The summed E-state index contributed by atoms with van der Waals surface area (Å²) in [6.07, 6.45) is 5.19. The predicted molar refractivity (Wildman–Crippen MR) is 152 cm³/mol. The van der Waals surface area contributed by atoms with Gasteiger partial charge in [-0.15, -0.1) is 11.8 Å². The summed E-state index contributed by atoms with van der Waals surface area (Å²) in [4.78, 5) is 33.1. The quantitative estimate of drug-likeness (QED) is 0.166. The lowest BCUT2D eigenvalue weighted by molar-refractivity contribution is -0.138. The molecule has 1 aliphatic heterocycles. The SMILES string of the molecule is C=CCOC(=O)C1=C(C)N=c2sc(=Cc3ccc(-c4ccccc4Cl)o3)c(=O)n2C1c1ccc(SC)cc1. The monoisotopic (exact) mass is 562 g/mol. The lowest BCUT2D eigenvalue weighted by atomic mass is 9.96. The van der Waals surface area contributed by atoms with Gasteiger partial charge in [0, 0.05) is 16.5 Å². The Morgan fingerprint density at radius 2 is 1.97 bits per heavy atom. The highest BCUT2D eigenvalue weighted by Crippen LogP contribution is 2.32. The van der Waals surface area contributed by atoms with Gasteiger partial charge >= 0.3 is 5.97 Å². The Hall–Kier alpha value is -3.59. The number of halogens is 1. The minimum absolute atomic E-state index is 0.0599. The van der Waals surface area contributed by atoms with E-state index in [0.29, 0.717) is 37.1 Å². The van der Waals surface area contributed by atoms with Crippen LogP contribution in [0.1, 0.15) is 24.3 Å². The molecule has 0 radical (unpaired) electrons. The molecule has 3 heterocycles. The van der Waals surface area contributed by atoms with E-state index < -0.39 is 12.0 Å². The lowest BCUT2D eigenvalue weighted by Gasteiger charge is -2.24. The molecule has 2 aromatic heterocycles. The summed E-state index contributed by atoms with van der Waals surface area (Å²) in [6.45, 7) is 5.44. The zero-order chi connectivity index (χ0) is 26.8. The van der Waals surface area contributed by atoms with Crippen LogP contribution in [-0.4, -0.2) is 23.4 Å². The maximum Gasteiger partial charge on any atom is 0.338 e. The molecule has 0 spiro atoms. The van der Waals surface area contributed by atoms with E-state index >= 15 is 0 Å². The number of ether oxygens (including phenoxy) is 1. The van der Waals surface area contributed by atoms with Crippen molar-refractivity contribution in [1.82, 2.24) is 4.57 Å². The van der Waals surface area contributed by atoms with Gasteiger partial charge in [-0.1, -0.05) is 59.9 Å². The summed E-state index contributed by atoms with van der Waals surface area (Å²) >= 11 is 9.17. The van der Waals surface area contributed by atoms with Gasteiger partial charge in [0.2, 0.25) is 0 Å². The highest BCUT2D eigenvalue weighted by atomic mass is 35.5. The Morgan fingerprint density at radius 3 is 2.68 bits per heavy atom. The molecule has 9 heteroatoms. The zero-order valence-corrected chi connectivity index (χ0v) is 23.0. The molecule has 0 N–H and O–H groups in total. The van der Waals surface area contributed by atoms with E-state index in [-0.39, 0.29) is 12.2 Å².